The number of benzene rings is 1. The molecule has 1 fully saturated rings. The third-order valence-electron chi connectivity index (χ3n) is 3.32. The first-order valence-electron chi connectivity index (χ1n) is 7.08. The maximum atomic E-state index is 13.3. The third kappa shape index (κ3) is 4.73. The summed E-state index contributed by atoms with van der Waals surface area (Å²) < 4.78 is 18.4. The number of para-hydroxylation sites is 1. The molecule has 2 amide bonds. The van der Waals surface area contributed by atoms with E-state index in [1.54, 1.807) is 17.0 Å². The lowest BCUT2D eigenvalue weighted by molar-refractivity contribution is -0.133. The number of amides is 2. The van der Waals surface area contributed by atoms with E-state index in [-0.39, 0.29) is 24.2 Å². The largest absolute Gasteiger partial charge is 0.481 e. The van der Waals surface area contributed by atoms with E-state index in [1.165, 1.54) is 12.1 Å². The molecule has 1 aliphatic heterocycles. The summed E-state index contributed by atoms with van der Waals surface area (Å²) in [6.07, 6.45) is 2.54. The number of rotatable bonds is 6. The molecule has 6 heteroatoms. The standard InChI is InChI=1S/C15H19FN2O3/c16-12-5-1-2-6-13(12)21-11-14(19)17-8-10-18-9-4-3-7-15(18)20/h1-2,5-6H,3-4,7-11H2,(H,17,19). The second-order valence-electron chi connectivity index (χ2n) is 4.91. The molecule has 1 aliphatic rings. The van der Waals surface area contributed by atoms with Crippen molar-refractivity contribution in [3.63, 3.8) is 0 Å². The Morgan fingerprint density at radius 1 is 1.33 bits per heavy atom. The Kier molecular flexibility index (Phi) is 5.54. The van der Waals surface area contributed by atoms with E-state index in [2.05, 4.69) is 5.32 Å². The second-order valence-corrected chi connectivity index (χ2v) is 4.91. The Morgan fingerprint density at radius 2 is 2.14 bits per heavy atom. The van der Waals surface area contributed by atoms with Crippen molar-refractivity contribution in [2.24, 2.45) is 0 Å². The van der Waals surface area contributed by atoms with E-state index in [4.69, 9.17) is 4.74 Å². The highest BCUT2D eigenvalue weighted by atomic mass is 19.1. The highest BCUT2D eigenvalue weighted by Gasteiger charge is 2.17. The highest BCUT2D eigenvalue weighted by molar-refractivity contribution is 5.78. The maximum Gasteiger partial charge on any atom is 0.258 e. The summed E-state index contributed by atoms with van der Waals surface area (Å²) in [5.41, 5.74) is 0. The zero-order valence-corrected chi connectivity index (χ0v) is 11.8. The minimum Gasteiger partial charge on any atom is -0.481 e. The lowest BCUT2D eigenvalue weighted by atomic mass is 10.1. The molecule has 0 aliphatic carbocycles. The van der Waals surface area contributed by atoms with Gasteiger partial charge < -0.3 is 15.0 Å². The fraction of sp³-hybridized carbons (Fsp3) is 0.467. The Morgan fingerprint density at radius 3 is 2.90 bits per heavy atom. The Hall–Kier alpha value is -2.11. The Labute approximate surface area is 123 Å². The van der Waals surface area contributed by atoms with Gasteiger partial charge in [-0.15, -0.1) is 0 Å². The normalized spacial score (nSPS) is 14.9. The van der Waals surface area contributed by atoms with Gasteiger partial charge in [-0.3, -0.25) is 9.59 Å². The Bertz CT molecular complexity index is 507. The number of nitrogens with one attached hydrogen (secondary N) is 1. The van der Waals surface area contributed by atoms with E-state index in [0.717, 1.165) is 19.4 Å². The summed E-state index contributed by atoms with van der Waals surface area (Å²) in [5, 5.41) is 2.66. The predicted molar refractivity (Wildman–Crippen MR) is 75.3 cm³/mol. The van der Waals surface area contributed by atoms with Crippen LogP contribution in [0.3, 0.4) is 0 Å². The van der Waals surface area contributed by atoms with Gasteiger partial charge in [0.05, 0.1) is 0 Å². The van der Waals surface area contributed by atoms with Crippen LogP contribution in [0.2, 0.25) is 0 Å². The SMILES string of the molecule is O=C(COc1ccccc1F)NCCN1CCCCC1=O. The van der Waals surface area contributed by atoms with Crippen LogP contribution in [-0.2, 0) is 9.59 Å². The molecule has 0 aromatic heterocycles. The summed E-state index contributed by atoms with van der Waals surface area (Å²) in [6.45, 7) is 1.39. The molecule has 1 saturated heterocycles. The lowest BCUT2D eigenvalue weighted by Crippen LogP contribution is -2.41. The van der Waals surface area contributed by atoms with Crippen molar-refractivity contribution in [2.45, 2.75) is 19.3 Å². The van der Waals surface area contributed by atoms with E-state index in [0.29, 0.717) is 19.5 Å². The summed E-state index contributed by atoms with van der Waals surface area (Å²) >= 11 is 0. The number of carbonyl (C=O) groups is 2. The summed E-state index contributed by atoms with van der Waals surface area (Å²) in [7, 11) is 0. The first kappa shape index (κ1) is 15.3. The van der Waals surface area contributed by atoms with E-state index in [1.807, 2.05) is 0 Å². The number of carbonyl (C=O) groups excluding carboxylic acids is 2. The molecular formula is C15H19FN2O3. The third-order valence-corrected chi connectivity index (χ3v) is 3.32. The zero-order chi connectivity index (χ0) is 15.1. The topological polar surface area (TPSA) is 58.6 Å². The first-order chi connectivity index (χ1) is 10.2. The molecule has 1 aromatic carbocycles. The molecule has 0 radical (unpaired) electrons. The van der Waals surface area contributed by atoms with Gasteiger partial charge in [-0.05, 0) is 25.0 Å². The number of halogens is 1. The molecule has 21 heavy (non-hydrogen) atoms. The number of hydrogen-bond donors (Lipinski definition) is 1. The molecule has 114 valence electrons. The van der Waals surface area contributed by atoms with Gasteiger partial charge in [0, 0.05) is 26.1 Å². The Balaban J connectivity index is 1.66. The second kappa shape index (κ2) is 7.61. The van der Waals surface area contributed by atoms with Crippen LogP contribution in [0.25, 0.3) is 0 Å². The summed E-state index contributed by atoms with van der Waals surface area (Å²) in [4.78, 5) is 24.9. The van der Waals surface area contributed by atoms with Crippen LogP contribution in [0.4, 0.5) is 4.39 Å². The fourth-order valence-corrected chi connectivity index (χ4v) is 2.18. The van der Waals surface area contributed by atoms with Crippen molar-refractivity contribution >= 4 is 11.8 Å². The lowest BCUT2D eigenvalue weighted by Gasteiger charge is -2.26. The predicted octanol–water partition coefficient (Wildman–Crippen LogP) is 1.33. The van der Waals surface area contributed by atoms with Crippen molar-refractivity contribution in [1.82, 2.24) is 10.2 Å². The van der Waals surface area contributed by atoms with Gasteiger partial charge in [0.1, 0.15) is 0 Å². The quantitative estimate of drug-likeness (QED) is 0.861. The molecule has 5 nitrogen and oxygen atoms in total. The molecule has 0 bridgehead atoms. The smallest absolute Gasteiger partial charge is 0.258 e. The van der Waals surface area contributed by atoms with Gasteiger partial charge in [0.2, 0.25) is 5.91 Å². The molecule has 1 heterocycles. The van der Waals surface area contributed by atoms with E-state index >= 15 is 0 Å². The molecule has 0 saturated carbocycles. The van der Waals surface area contributed by atoms with Gasteiger partial charge in [-0.25, -0.2) is 4.39 Å². The van der Waals surface area contributed by atoms with Crippen molar-refractivity contribution in [3.05, 3.63) is 30.1 Å². The van der Waals surface area contributed by atoms with Crippen LogP contribution in [0.1, 0.15) is 19.3 Å². The molecule has 0 atom stereocenters. The fourth-order valence-electron chi connectivity index (χ4n) is 2.18. The van der Waals surface area contributed by atoms with Crippen molar-refractivity contribution in [2.75, 3.05) is 26.2 Å². The molecular weight excluding hydrogens is 275 g/mol. The van der Waals surface area contributed by atoms with Crippen LogP contribution in [0.5, 0.6) is 5.75 Å². The minimum absolute atomic E-state index is 0.0545. The van der Waals surface area contributed by atoms with Crippen LogP contribution < -0.4 is 10.1 Å². The zero-order valence-electron chi connectivity index (χ0n) is 11.8. The van der Waals surface area contributed by atoms with Crippen molar-refractivity contribution < 1.29 is 18.7 Å². The molecule has 0 spiro atoms. The number of nitrogens with zero attached hydrogens (tertiary/aromatic N) is 1. The number of ether oxygens (including phenoxy) is 1. The molecule has 2 rings (SSSR count). The van der Waals surface area contributed by atoms with Crippen LogP contribution in [-0.4, -0.2) is 43.0 Å². The van der Waals surface area contributed by atoms with Crippen molar-refractivity contribution in [3.8, 4) is 5.75 Å². The van der Waals surface area contributed by atoms with E-state index < -0.39 is 5.82 Å². The summed E-state index contributed by atoms with van der Waals surface area (Å²) in [5.74, 6) is -0.635. The van der Waals surface area contributed by atoms with Gasteiger partial charge in [0.25, 0.3) is 5.91 Å². The van der Waals surface area contributed by atoms with Gasteiger partial charge in [-0.1, -0.05) is 12.1 Å². The van der Waals surface area contributed by atoms with Gasteiger partial charge in [0.15, 0.2) is 18.2 Å². The number of piperidine rings is 1. The van der Waals surface area contributed by atoms with Crippen molar-refractivity contribution in [1.29, 1.82) is 0 Å². The molecule has 1 aromatic rings. The van der Waals surface area contributed by atoms with Gasteiger partial charge >= 0.3 is 0 Å². The first-order valence-corrected chi connectivity index (χ1v) is 7.08. The molecule has 1 N–H and O–H groups in total. The minimum atomic E-state index is -0.496. The number of likely N-dealkylation sites (tertiary alicyclic amines) is 1. The number of hydrogen-bond acceptors (Lipinski definition) is 3. The van der Waals surface area contributed by atoms with Crippen LogP contribution in [0, 0.1) is 5.82 Å². The van der Waals surface area contributed by atoms with Gasteiger partial charge in [-0.2, -0.15) is 0 Å². The maximum absolute atomic E-state index is 13.3. The monoisotopic (exact) mass is 294 g/mol. The average molecular weight is 294 g/mol. The summed E-state index contributed by atoms with van der Waals surface area (Å²) in [6, 6.07) is 5.93. The van der Waals surface area contributed by atoms with Crippen LogP contribution in [0.15, 0.2) is 24.3 Å². The molecule has 0 unspecified atom stereocenters. The average Bonchev–Trinajstić information content (AvgIpc) is 2.48. The van der Waals surface area contributed by atoms with Crippen LogP contribution >= 0.6 is 0 Å². The highest BCUT2D eigenvalue weighted by Crippen LogP contribution is 2.14. The van der Waals surface area contributed by atoms with E-state index in [9.17, 15) is 14.0 Å².